The van der Waals surface area contributed by atoms with Crippen molar-refractivity contribution in [3.63, 3.8) is 0 Å². The highest BCUT2D eigenvalue weighted by Gasteiger charge is 2.65. The molecular formula is C18H13F3N6O2. The van der Waals surface area contributed by atoms with Gasteiger partial charge in [0.1, 0.15) is 35.2 Å². The van der Waals surface area contributed by atoms with E-state index in [0.29, 0.717) is 0 Å². The van der Waals surface area contributed by atoms with Gasteiger partial charge in [0.15, 0.2) is 5.54 Å². The Kier molecular flexibility index (Phi) is 4.34. The van der Waals surface area contributed by atoms with Crippen LogP contribution >= 0.6 is 0 Å². The molecule has 3 atom stereocenters. The number of fused-ring (bicyclic) bond motifs is 1. The maximum Gasteiger partial charge on any atom is 0.283 e. The summed E-state index contributed by atoms with van der Waals surface area (Å²) < 4.78 is 47.8. The lowest BCUT2D eigenvalue weighted by atomic mass is 9.88. The molecule has 2 aromatic rings. The number of nitrogens with two attached hydrogens (primary N) is 1. The van der Waals surface area contributed by atoms with Crippen LogP contribution in [0, 0.1) is 23.1 Å². The lowest BCUT2D eigenvalue weighted by molar-refractivity contribution is 0.0151. The molecule has 148 valence electrons. The fourth-order valence-corrected chi connectivity index (χ4v) is 3.32. The van der Waals surface area contributed by atoms with Crippen LogP contribution in [0.2, 0.25) is 0 Å². The summed E-state index contributed by atoms with van der Waals surface area (Å²) in [6.45, 7) is 0. The molecule has 4 rings (SSSR count). The zero-order valence-corrected chi connectivity index (χ0v) is 14.6. The van der Waals surface area contributed by atoms with E-state index in [1.54, 1.807) is 0 Å². The third-order valence-electron chi connectivity index (χ3n) is 4.79. The lowest BCUT2D eigenvalue weighted by Crippen LogP contribution is -2.44. The van der Waals surface area contributed by atoms with Crippen LogP contribution in [0.25, 0.3) is 0 Å². The second kappa shape index (κ2) is 6.73. The van der Waals surface area contributed by atoms with Crippen molar-refractivity contribution in [3.8, 4) is 6.07 Å². The monoisotopic (exact) mass is 402 g/mol. The van der Waals surface area contributed by atoms with Crippen molar-refractivity contribution in [1.29, 1.82) is 5.26 Å². The smallest absolute Gasteiger partial charge is 0.283 e. The second-order valence-electron chi connectivity index (χ2n) is 6.60. The molecule has 0 bridgehead atoms. The van der Waals surface area contributed by atoms with Crippen LogP contribution in [0.3, 0.4) is 0 Å². The number of amidine groups is 1. The molecule has 2 aliphatic rings. The van der Waals surface area contributed by atoms with Gasteiger partial charge in [-0.05, 0) is 30.7 Å². The average molecular weight is 402 g/mol. The highest BCUT2D eigenvalue weighted by molar-refractivity contribution is 6.02. The minimum atomic E-state index is -3.09. The Balaban J connectivity index is 1.68. The van der Waals surface area contributed by atoms with Crippen LogP contribution in [0.4, 0.5) is 19.0 Å². The summed E-state index contributed by atoms with van der Waals surface area (Å²) in [5, 5.41) is 11.1. The quantitative estimate of drug-likeness (QED) is 0.805. The summed E-state index contributed by atoms with van der Waals surface area (Å²) in [6, 6.07) is 6.18. The van der Waals surface area contributed by atoms with Crippen molar-refractivity contribution in [3.05, 3.63) is 53.2 Å². The third-order valence-corrected chi connectivity index (χ3v) is 4.79. The standard InChI is InChI=1S/C18H13F3N6O2/c19-10-2-4-13(26-15(28)11-3-1-8(6-22)7-24-11)25-14(10)18(16(20)21)9-5-12(9)29-17(23)27-18/h1-4,7,9,12,16H,5H2,(H2,23,27)(H,25,26,28)/t9?,12-,18+/m1/s1. The average Bonchev–Trinajstić information content (AvgIpc) is 3.48. The number of nitriles is 1. The fourth-order valence-electron chi connectivity index (χ4n) is 3.32. The first kappa shape index (κ1) is 18.7. The number of amides is 1. The number of anilines is 1. The van der Waals surface area contributed by atoms with E-state index in [1.165, 1.54) is 18.3 Å². The van der Waals surface area contributed by atoms with E-state index in [0.717, 1.165) is 12.1 Å². The van der Waals surface area contributed by atoms with E-state index >= 15 is 0 Å². The van der Waals surface area contributed by atoms with Crippen LogP contribution in [-0.4, -0.2) is 34.4 Å². The van der Waals surface area contributed by atoms with E-state index < -0.39 is 47.4 Å². The first-order valence-electron chi connectivity index (χ1n) is 8.50. The first-order valence-corrected chi connectivity index (χ1v) is 8.50. The summed E-state index contributed by atoms with van der Waals surface area (Å²) in [5.74, 6) is -2.63. The Bertz CT molecular complexity index is 1050. The van der Waals surface area contributed by atoms with Crippen molar-refractivity contribution >= 4 is 17.7 Å². The predicted molar refractivity (Wildman–Crippen MR) is 93.4 cm³/mol. The molecular weight excluding hydrogens is 389 g/mol. The van der Waals surface area contributed by atoms with Crippen molar-refractivity contribution in [2.75, 3.05) is 5.32 Å². The van der Waals surface area contributed by atoms with Gasteiger partial charge in [0, 0.05) is 12.1 Å². The topological polar surface area (TPSA) is 126 Å². The number of halogens is 3. The molecule has 1 aliphatic carbocycles. The molecule has 2 aromatic heterocycles. The van der Waals surface area contributed by atoms with Gasteiger partial charge in [-0.2, -0.15) is 5.26 Å². The number of nitrogens with zero attached hydrogens (tertiary/aromatic N) is 4. The zero-order valence-electron chi connectivity index (χ0n) is 14.6. The largest absolute Gasteiger partial charge is 0.462 e. The number of carbonyl (C=O) groups is 1. The molecule has 0 saturated heterocycles. The Labute approximate surface area is 162 Å². The SMILES string of the molecule is N#Cc1ccc(C(=O)Nc2ccc(F)c([C@@]3(C(F)F)N=C(N)O[C@@H]4CC43)n2)nc1. The molecule has 0 spiro atoms. The number of aromatic nitrogens is 2. The van der Waals surface area contributed by atoms with E-state index in [9.17, 15) is 18.0 Å². The van der Waals surface area contributed by atoms with Gasteiger partial charge >= 0.3 is 0 Å². The normalized spacial score (nSPS) is 24.7. The van der Waals surface area contributed by atoms with Gasteiger partial charge < -0.3 is 15.8 Å². The molecule has 0 radical (unpaired) electrons. The van der Waals surface area contributed by atoms with Gasteiger partial charge in [-0.25, -0.2) is 28.1 Å². The molecule has 1 amide bonds. The number of alkyl halides is 2. The van der Waals surface area contributed by atoms with Crippen molar-refractivity contribution in [2.45, 2.75) is 24.5 Å². The number of hydrogen-bond acceptors (Lipinski definition) is 7. The number of hydrogen-bond donors (Lipinski definition) is 2. The van der Waals surface area contributed by atoms with Crippen LogP contribution in [0.15, 0.2) is 35.5 Å². The van der Waals surface area contributed by atoms with E-state index in [4.69, 9.17) is 15.7 Å². The summed E-state index contributed by atoms with van der Waals surface area (Å²) in [6.07, 6.45) is -2.23. The molecule has 1 fully saturated rings. The van der Waals surface area contributed by atoms with Crippen molar-refractivity contribution in [2.24, 2.45) is 16.6 Å². The van der Waals surface area contributed by atoms with Gasteiger partial charge in [0.2, 0.25) is 0 Å². The van der Waals surface area contributed by atoms with E-state index in [2.05, 4.69) is 20.3 Å². The van der Waals surface area contributed by atoms with Gasteiger partial charge in [-0.1, -0.05) is 0 Å². The lowest BCUT2D eigenvalue weighted by Gasteiger charge is -2.32. The number of carbonyl (C=O) groups excluding carboxylic acids is 1. The van der Waals surface area contributed by atoms with Gasteiger partial charge in [-0.3, -0.25) is 4.79 Å². The number of aliphatic imine (C=N–C) groups is 1. The predicted octanol–water partition coefficient (Wildman–Crippen LogP) is 1.93. The van der Waals surface area contributed by atoms with Crippen LogP contribution < -0.4 is 11.1 Å². The van der Waals surface area contributed by atoms with Gasteiger partial charge in [0.05, 0.1) is 5.56 Å². The van der Waals surface area contributed by atoms with E-state index in [-0.39, 0.29) is 23.5 Å². The van der Waals surface area contributed by atoms with Crippen LogP contribution in [0.5, 0.6) is 0 Å². The molecule has 3 N–H and O–H groups in total. The molecule has 1 saturated carbocycles. The zero-order chi connectivity index (χ0) is 20.8. The van der Waals surface area contributed by atoms with Gasteiger partial charge in [0.25, 0.3) is 18.4 Å². The number of nitrogens with one attached hydrogen (secondary N) is 1. The fraction of sp³-hybridized carbons (Fsp3) is 0.278. The highest BCUT2D eigenvalue weighted by Crippen LogP contribution is 2.55. The van der Waals surface area contributed by atoms with Crippen LogP contribution in [0.1, 0.15) is 28.2 Å². The maximum absolute atomic E-state index is 14.5. The molecule has 1 aliphatic heterocycles. The Morgan fingerprint density at radius 2 is 2.17 bits per heavy atom. The Hall–Kier alpha value is -3.68. The third kappa shape index (κ3) is 3.12. The second-order valence-corrected chi connectivity index (χ2v) is 6.60. The summed E-state index contributed by atoms with van der Waals surface area (Å²) in [7, 11) is 0. The van der Waals surface area contributed by atoms with Crippen molar-refractivity contribution < 1.29 is 22.7 Å². The molecule has 11 heteroatoms. The van der Waals surface area contributed by atoms with Crippen molar-refractivity contribution in [1.82, 2.24) is 9.97 Å². The number of pyridine rings is 2. The highest BCUT2D eigenvalue weighted by atomic mass is 19.3. The minimum Gasteiger partial charge on any atom is -0.462 e. The molecule has 29 heavy (non-hydrogen) atoms. The maximum atomic E-state index is 14.5. The van der Waals surface area contributed by atoms with Crippen LogP contribution in [-0.2, 0) is 10.3 Å². The Morgan fingerprint density at radius 1 is 1.38 bits per heavy atom. The van der Waals surface area contributed by atoms with E-state index in [1.807, 2.05) is 6.07 Å². The van der Waals surface area contributed by atoms with Gasteiger partial charge in [-0.15, -0.1) is 0 Å². The number of ether oxygens (including phenoxy) is 1. The molecule has 8 nitrogen and oxygen atoms in total. The summed E-state index contributed by atoms with van der Waals surface area (Å²) >= 11 is 0. The molecule has 0 aromatic carbocycles. The molecule has 3 heterocycles. The summed E-state index contributed by atoms with van der Waals surface area (Å²) in [5.41, 5.74) is 2.84. The molecule has 1 unspecified atom stereocenters. The first-order chi connectivity index (χ1) is 13.8. The Morgan fingerprint density at radius 3 is 2.83 bits per heavy atom. The summed E-state index contributed by atoms with van der Waals surface area (Å²) in [4.78, 5) is 23.8. The minimum absolute atomic E-state index is 0.0316. The number of rotatable bonds is 4.